The third-order valence-corrected chi connectivity index (χ3v) is 5.24. The molecule has 4 rings (SSSR count). The van der Waals surface area contributed by atoms with E-state index in [1.165, 1.54) is 11.5 Å². The van der Waals surface area contributed by atoms with Gasteiger partial charge in [-0.1, -0.05) is 18.5 Å². The summed E-state index contributed by atoms with van der Waals surface area (Å²) < 4.78 is 6.88. The summed E-state index contributed by atoms with van der Waals surface area (Å²) >= 11 is 6.30. The quantitative estimate of drug-likeness (QED) is 0.646. The van der Waals surface area contributed by atoms with Crippen LogP contribution in [-0.4, -0.2) is 40.0 Å². The number of halogens is 1. The van der Waals surface area contributed by atoms with Gasteiger partial charge in [0.2, 0.25) is 5.95 Å². The van der Waals surface area contributed by atoms with Gasteiger partial charge in [-0.05, 0) is 37.1 Å². The van der Waals surface area contributed by atoms with Gasteiger partial charge in [-0.25, -0.2) is 4.98 Å². The fourth-order valence-corrected chi connectivity index (χ4v) is 3.55. The van der Waals surface area contributed by atoms with Crippen molar-refractivity contribution in [2.45, 2.75) is 13.8 Å². The molecule has 3 aromatic rings. The third-order valence-electron chi connectivity index (χ3n) is 4.96. The topological polar surface area (TPSA) is 89.3 Å². The lowest BCUT2D eigenvalue weighted by atomic mass is 10.0. The first kappa shape index (κ1) is 20.2. The molecule has 30 heavy (non-hydrogen) atoms. The monoisotopic (exact) mass is 427 g/mol. The van der Waals surface area contributed by atoms with Crippen LogP contribution in [0, 0.1) is 5.92 Å². The molecule has 1 aliphatic rings. The molecule has 9 heteroatoms. The van der Waals surface area contributed by atoms with Crippen LogP contribution in [0.1, 0.15) is 13.8 Å². The molecule has 8 nitrogen and oxygen atoms in total. The standard InChI is InChI=1S/C21H22ClN5O3/c1-12-9-27(10-12)21-23-8-16(22)19(25-21)24-15-4-5-17-14(6-15)7-18(20(29)26(17)3)30-11-13(2)28/h4-8,12H,9-11H2,1-3H3,(H,23,24,25). The summed E-state index contributed by atoms with van der Waals surface area (Å²) in [6.07, 6.45) is 1.59. The molecule has 0 aliphatic carbocycles. The van der Waals surface area contributed by atoms with Crippen molar-refractivity contribution in [1.82, 2.24) is 14.5 Å². The van der Waals surface area contributed by atoms with E-state index in [0.717, 1.165) is 29.7 Å². The van der Waals surface area contributed by atoms with Crippen LogP contribution in [0.2, 0.25) is 5.02 Å². The largest absolute Gasteiger partial charge is 0.480 e. The van der Waals surface area contributed by atoms with Crippen molar-refractivity contribution >= 4 is 45.7 Å². The Hall–Kier alpha value is -3.13. The van der Waals surface area contributed by atoms with Crippen molar-refractivity contribution in [2.24, 2.45) is 13.0 Å². The predicted octanol–water partition coefficient (Wildman–Crippen LogP) is 3.15. The van der Waals surface area contributed by atoms with Crippen LogP contribution in [0.3, 0.4) is 0 Å². The Kier molecular flexibility index (Phi) is 5.34. The Morgan fingerprint density at radius 1 is 1.33 bits per heavy atom. The van der Waals surface area contributed by atoms with Crippen LogP contribution in [0.15, 0.2) is 35.3 Å². The zero-order chi connectivity index (χ0) is 21.4. The van der Waals surface area contributed by atoms with Crippen LogP contribution in [-0.2, 0) is 11.8 Å². The summed E-state index contributed by atoms with van der Waals surface area (Å²) in [4.78, 5) is 34.6. The molecule has 0 saturated carbocycles. The van der Waals surface area contributed by atoms with E-state index in [1.807, 2.05) is 18.2 Å². The van der Waals surface area contributed by atoms with E-state index in [9.17, 15) is 9.59 Å². The Bertz CT molecular complexity index is 1190. The van der Waals surface area contributed by atoms with E-state index >= 15 is 0 Å². The van der Waals surface area contributed by atoms with Crippen LogP contribution in [0.4, 0.5) is 17.5 Å². The number of fused-ring (bicyclic) bond motifs is 1. The van der Waals surface area contributed by atoms with Crippen molar-refractivity contribution in [3.05, 3.63) is 45.8 Å². The van der Waals surface area contributed by atoms with E-state index in [4.69, 9.17) is 16.3 Å². The molecule has 0 radical (unpaired) electrons. The highest BCUT2D eigenvalue weighted by Gasteiger charge is 2.25. The van der Waals surface area contributed by atoms with E-state index in [0.29, 0.717) is 22.7 Å². The summed E-state index contributed by atoms with van der Waals surface area (Å²) in [7, 11) is 1.67. The molecule has 0 amide bonds. The maximum absolute atomic E-state index is 12.4. The number of nitrogens with one attached hydrogen (secondary N) is 1. The second-order valence-electron chi connectivity index (χ2n) is 7.64. The molecular weight excluding hydrogens is 406 g/mol. The Balaban J connectivity index is 1.65. The van der Waals surface area contributed by atoms with E-state index in [-0.39, 0.29) is 23.7 Å². The second-order valence-corrected chi connectivity index (χ2v) is 8.05. The molecule has 1 aliphatic heterocycles. The molecule has 156 valence electrons. The van der Waals surface area contributed by atoms with Gasteiger partial charge in [-0.15, -0.1) is 0 Å². The summed E-state index contributed by atoms with van der Waals surface area (Å²) in [5.41, 5.74) is 1.20. The van der Waals surface area contributed by atoms with Gasteiger partial charge in [0.25, 0.3) is 5.56 Å². The van der Waals surface area contributed by atoms with E-state index in [2.05, 4.69) is 27.1 Å². The molecule has 1 saturated heterocycles. The normalized spacial score (nSPS) is 13.9. The number of aryl methyl sites for hydroxylation is 1. The van der Waals surface area contributed by atoms with Crippen LogP contribution in [0.25, 0.3) is 10.9 Å². The minimum Gasteiger partial charge on any atom is -0.480 e. The number of anilines is 3. The average molecular weight is 428 g/mol. The highest BCUT2D eigenvalue weighted by molar-refractivity contribution is 6.32. The number of carbonyl (C=O) groups excluding carboxylic acids is 1. The maximum Gasteiger partial charge on any atom is 0.293 e. The highest BCUT2D eigenvalue weighted by Crippen LogP contribution is 2.29. The second kappa shape index (κ2) is 7.95. The smallest absolute Gasteiger partial charge is 0.293 e. The molecule has 1 aromatic carbocycles. The van der Waals surface area contributed by atoms with Gasteiger partial charge in [-0.2, -0.15) is 4.98 Å². The molecule has 0 atom stereocenters. The minimum atomic E-state index is -0.295. The van der Waals surface area contributed by atoms with E-state index < -0.39 is 0 Å². The first-order chi connectivity index (χ1) is 14.3. The molecule has 2 aromatic heterocycles. The van der Waals surface area contributed by atoms with Gasteiger partial charge in [0.05, 0.1) is 11.7 Å². The molecule has 1 N–H and O–H groups in total. The molecule has 0 spiro atoms. The summed E-state index contributed by atoms with van der Waals surface area (Å²) in [6, 6.07) is 7.20. The predicted molar refractivity (Wildman–Crippen MR) is 117 cm³/mol. The summed E-state index contributed by atoms with van der Waals surface area (Å²) in [5.74, 6) is 1.76. The van der Waals surface area contributed by atoms with Crippen LogP contribution >= 0.6 is 11.6 Å². The lowest BCUT2D eigenvalue weighted by Crippen LogP contribution is -2.46. The first-order valence-electron chi connectivity index (χ1n) is 9.62. The number of carbonyl (C=O) groups is 1. The summed E-state index contributed by atoms with van der Waals surface area (Å²) in [5, 5.41) is 4.43. The fourth-order valence-electron chi connectivity index (χ4n) is 3.41. The maximum atomic E-state index is 12.4. The van der Waals surface area contributed by atoms with Crippen molar-refractivity contribution in [3.8, 4) is 5.75 Å². The number of ether oxygens (including phenoxy) is 1. The fraction of sp³-hybridized carbons (Fsp3) is 0.333. The number of hydrogen-bond acceptors (Lipinski definition) is 7. The average Bonchev–Trinajstić information content (AvgIpc) is 2.69. The molecule has 0 bridgehead atoms. The number of ketones is 1. The number of hydrogen-bond donors (Lipinski definition) is 1. The zero-order valence-corrected chi connectivity index (χ0v) is 17.7. The lowest BCUT2D eigenvalue weighted by Gasteiger charge is -2.37. The highest BCUT2D eigenvalue weighted by atomic mass is 35.5. The first-order valence-corrected chi connectivity index (χ1v) is 10.00. The Morgan fingerprint density at radius 2 is 2.10 bits per heavy atom. The number of aromatic nitrogens is 3. The van der Waals surface area contributed by atoms with Crippen LogP contribution in [0.5, 0.6) is 5.75 Å². The number of pyridine rings is 1. The number of rotatable bonds is 6. The Morgan fingerprint density at radius 3 is 2.80 bits per heavy atom. The number of benzene rings is 1. The number of Topliss-reactive ketones (excluding diaryl/α,β-unsaturated/α-hetero) is 1. The molecule has 1 fully saturated rings. The van der Waals surface area contributed by atoms with Crippen molar-refractivity contribution in [2.75, 3.05) is 29.9 Å². The molecule has 3 heterocycles. The SMILES string of the molecule is CC(=O)COc1cc2cc(Nc3nc(N4CC(C)C4)ncc3Cl)ccc2n(C)c1=O. The number of nitrogens with zero attached hydrogens (tertiary/aromatic N) is 4. The van der Waals surface area contributed by atoms with Crippen molar-refractivity contribution < 1.29 is 9.53 Å². The van der Waals surface area contributed by atoms with Crippen LogP contribution < -0.4 is 20.5 Å². The van der Waals surface area contributed by atoms with Gasteiger partial charge < -0.3 is 19.5 Å². The van der Waals surface area contributed by atoms with Gasteiger partial charge in [0, 0.05) is 31.2 Å². The minimum absolute atomic E-state index is 0.131. The van der Waals surface area contributed by atoms with Crippen molar-refractivity contribution in [3.63, 3.8) is 0 Å². The van der Waals surface area contributed by atoms with E-state index in [1.54, 1.807) is 19.3 Å². The van der Waals surface area contributed by atoms with Gasteiger partial charge >= 0.3 is 0 Å². The summed E-state index contributed by atoms with van der Waals surface area (Å²) in [6.45, 7) is 5.30. The van der Waals surface area contributed by atoms with Gasteiger partial charge in [0.1, 0.15) is 11.6 Å². The lowest BCUT2D eigenvalue weighted by molar-refractivity contribution is -0.118. The van der Waals surface area contributed by atoms with Gasteiger partial charge in [-0.3, -0.25) is 9.59 Å². The van der Waals surface area contributed by atoms with Gasteiger partial charge in [0.15, 0.2) is 17.4 Å². The molecule has 0 unspecified atom stereocenters. The Labute approximate surface area is 178 Å². The third kappa shape index (κ3) is 3.95. The zero-order valence-electron chi connectivity index (χ0n) is 17.0. The van der Waals surface area contributed by atoms with Crippen molar-refractivity contribution in [1.29, 1.82) is 0 Å². The molecular formula is C21H22ClN5O3.